The second kappa shape index (κ2) is 5.59. The van der Waals surface area contributed by atoms with Crippen LogP contribution in [0.2, 0.25) is 0 Å². The zero-order chi connectivity index (χ0) is 17.7. The van der Waals surface area contributed by atoms with Crippen LogP contribution >= 0.6 is 0 Å². The van der Waals surface area contributed by atoms with Crippen molar-refractivity contribution in [3.8, 4) is 0 Å². The van der Waals surface area contributed by atoms with Crippen molar-refractivity contribution in [2.24, 2.45) is 0 Å². The molecule has 0 saturated carbocycles. The highest BCUT2D eigenvalue weighted by Gasteiger charge is 2.24. The Morgan fingerprint density at radius 3 is 2.52 bits per heavy atom. The third-order valence-electron chi connectivity index (χ3n) is 5.09. The van der Waals surface area contributed by atoms with Gasteiger partial charge in [-0.15, -0.1) is 0 Å². The monoisotopic (exact) mass is 332 g/mol. The fraction of sp³-hybridized carbons (Fsp3) is 0.238. The van der Waals surface area contributed by atoms with E-state index in [0.717, 1.165) is 28.8 Å². The van der Waals surface area contributed by atoms with Gasteiger partial charge in [-0.05, 0) is 49.9 Å². The third-order valence-corrected chi connectivity index (χ3v) is 5.09. The lowest BCUT2D eigenvalue weighted by atomic mass is 10.1. The van der Waals surface area contributed by atoms with Crippen molar-refractivity contribution in [3.05, 3.63) is 75.1 Å². The number of aromatic nitrogens is 1. The molecule has 4 nitrogen and oxygen atoms in total. The van der Waals surface area contributed by atoms with Gasteiger partial charge in [-0.1, -0.05) is 30.3 Å². The molecular formula is C21H20N2O2. The highest BCUT2D eigenvalue weighted by molar-refractivity contribution is 6.06. The maximum absolute atomic E-state index is 12.9. The second-order valence-corrected chi connectivity index (χ2v) is 6.87. The molecule has 126 valence electrons. The largest absolute Gasteiger partial charge is 0.343 e. The minimum absolute atomic E-state index is 0.195. The summed E-state index contributed by atoms with van der Waals surface area (Å²) in [6.07, 6.45) is 2.60. The first-order chi connectivity index (χ1) is 12.0. The first kappa shape index (κ1) is 15.6. The van der Waals surface area contributed by atoms with Crippen molar-refractivity contribution >= 4 is 22.5 Å². The standard InChI is InChI=1S/C21H20N2O2/c1-12-6-4-7-13(2)18(12)22-21(25)17-11-23-14(3)10-15-8-5-9-16(19(15)23)20(17)24/h4-9,11,14H,10H2,1-3H3,(H,22,25)/t14-/m0/s1. The van der Waals surface area contributed by atoms with Crippen LogP contribution in [0, 0.1) is 13.8 Å². The molecule has 0 aliphatic carbocycles. The van der Waals surface area contributed by atoms with E-state index in [2.05, 4.69) is 22.9 Å². The van der Waals surface area contributed by atoms with E-state index in [4.69, 9.17) is 0 Å². The fourth-order valence-electron chi connectivity index (χ4n) is 3.77. The van der Waals surface area contributed by atoms with Crippen molar-refractivity contribution in [2.75, 3.05) is 5.32 Å². The molecule has 0 fully saturated rings. The lowest BCUT2D eigenvalue weighted by Crippen LogP contribution is -2.24. The van der Waals surface area contributed by atoms with Crippen LogP contribution in [-0.2, 0) is 6.42 Å². The summed E-state index contributed by atoms with van der Waals surface area (Å²) in [6, 6.07) is 11.9. The van der Waals surface area contributed by atoms with E-state index >= 15 is 0 Å². The molecule has 1 amide bonds. The highest BCUT2D eigenvalue weighted by Crippen LogP contribution is 2.31. The van der Waals surface area contributed by atoms with Crippen molar-refractivity contribution in [1.82, 2.24) is 4.57 Å². The first-order valence-electron chi connectivity index (χ1n) is 8.51. The van der Waals surface area contributed by atoms with Crippen LogP contribution in [0.4, 0.5) is 5.69 Å². The van der Waals surface area contributed by atoms with Crippen molar-refractivity contribution in [2.45, 2.75) is 33.2 Å². The zero-order valence-electron chi connectivity index (χ0n) is 14.6. The summed E-state index contributed by atoms with van der Waals surface area (Å²) in [4.78, 5) is 25.7. The molecule has 0 bridgehead atoms. The molecule has 1 atom stereocenters. The number of anilines is 1. The van der Waals surface area contributed by atoms with Gasteiger partial charge in [0.1, 0.15) is 5.56 Å². The molecular weight excluding hydrogens is 312 g/mol. The lowest BCUT2D eigenvalue weighted by molar-refractivity contribution is 0.102. The highest BCUT2D eigenvalue weighted by atomic mass is 16.2. The molecule has 0 radical (unpaired) electrons. The van der Waals surface area contributed by atoms with Crippen molar-refractivity contribution in [3.63, 3.8) is 0 Å². The van der Waals surface area contributed by atoms with Gasteiger partial charge in [0.15, 0.2) is 0 Å². The number of hydrogen-bond donors (Lipinski definition) is 1. The van der Waals surface area contributed by atoms with Gasteiger partial charge in [0, 0.05) is 23.3 Å². The molecule has 0 spiro atoms. The molecule has 1 aromatic heterocycles. The fourth-order valence-corrected chi connectivity index (χ4v) is 3.77. The number of nitrogens with zero attached hydrogens (tertiary/aromatic N) is 1. The van der Waals surface area contributed by atoms with Gasteiger partial charge >= 0.3 is 0 Å². The Morgan fingerprint density at radius 1 is 1.12 bits per heavy atom. The van der Waals surface area contributed by atoms with Crippen LogP contribution in [-0.4, -0.2) is 10.5 Å². The van der Waals surface area contributed by atoms with Gasteiger partial charge in [-0.2, -0.15) is 0 Å². The molecule has 2 heterocycles. The van der Waals surface area contributed by atoms with E-state index in [1.165, 1.54) is 5.56 Å². The van der Waals surface area contributed by atoms with E-state index in [9.17, 15) is 9.59 Å². The molecule has 3 aromatic rings. The summed E-state index contributed by atoms with van der Waals surface area (Å²) < 4.78 is 2.06. The van der Waals surface area contributed by atoms with Gasteiger partial charge < -0.3 is 9.88 Å². The Balaban J connectivity index is 1.85. The number of nitrogens with one attached hydrogen (secondary N) is 1. The Bertz CT molecular complexity index is 1060. The zero-order valence-corrected chi connectivity index (χ0v) is 14.6. The SMILES string of the molecule is Cc1cccc(C)c1NC(=O)c1cn2c3c(cccc3c1=O)C[C@@H]2C. The van der Waals surface area contributed by atoms with Crippen LogP contribution in [0.5, 0.6) is 0 Å². The summed E-state index contributed by atoms with van der Waals surface area (Å²) >= 11 is 0. The van der Waals surface area contributed by atoms with Crippen LogP contribution in [0.3, 0.4) is 0 Å². The van der Waals surface area contributed by atoms with Gasteiger partial charge in [-0.25, -0.2) is 0 Å². The first-order valence-corrected chi connectivity index (χ1v) is 8.51. The number of rotatable bonds is 2. The Kier molecular flexibility index (Phi) is 3.49. The van der Waals surface area contributed by atoms with Gasteiger partial charge in [0.2, 0.25) is 5.43 Å². The van der Waals surface area contributed by atoms with E-state index in [1.54, 1.807) is 6.20 Å². The van der Waals surface area contributed by atoms with Crippen LogP contribution in [0.15, 0.2) is 47.4 Å². The summed E-state index contributed by atoms with van der Waals surface area (Å²) in [5.41, 5.74) is 4.86. The quantitative estimate of drug-likeness (QED) is 0.771. The lowest BCUT2D eigenvalue weighted by Gasteiger charge is -2.14. The van der Waals surface area contributed by atoms with Gasteiger partial charge in [0.25, 0.3) is 5.91 Å². The Morgan fingerprint density at radius 2 is 1.80 bits per heavy atom. The molecule has 2 aromatic carbocycles. The molecule has 1 N–H and O–H groups in total. The van der Waals surface area contributed by atoms with Gasteiger partial charge in [-0.3, -0.25) is 9.59 Å². The second-order valence-electron chi connectivity index (χ2n) is 6.87. The topological polar surface area (TPSA) is 51.1 Å². The molecule has 1 aliphatic heterocycles. The molecule has 1 aliphatic rings. The summed E-state index contributed by atoms with van der Waals surface area (Å²) in [6.45, 7) is 6.00. The maximum Gasteiger partial charge on any atom is 0.261 e. The molecule has 4 rings (SSSR count). The third kappa shape index (κ3) is 2.37. The van der Waals surface area contributed by atoms with E-state index in [1.807, 2.05) is 44.2 Å². The van der Waals surface area contributed by atoms with Crippen LogP contribution in [0.1, 0.15) is 40.0 Å². The minimum Gasteiger partial charge on any atom is -0.343 e. The average molecular weight is 332 g/mol. The molecule has 0 saturated heterocycles. The smallest absolute Gasteiger partial charge is 0.261 e. The molecule has 4 heteroatoms. The Labute approximate surface area is 146 Å². The molecule has 25 heavy (non-hydrogen) atoms. The average Bonchev–Trinajstić information content (AvgIpc) is 2.90. The summed E-state index contributed by atoms with van der Waals surface area (Å²) in [5.74, 6) is -0.349. The van der Waals surface area contributed by atoms with Gasteiger partial charge in [0.05, 0.1) is 5.52 Å². The predicted octanol–water partition coefficient (Wildman–Crippen LogP) is 3.99. The number of hydrogen-bond acceptors (Lipinski definition) is 2. The number of para-hydroxylation sites is 2. The number of carbonyl (C=O) groups is 1. The molecule has 0 unspecified atom stereocenters. The van der Waals surface area contributed by atoms with E-state index in [-0.39, 0.29) is 22.9 Å². The van der Waals surface area contributed by atoms with Crippen LogP contribution < -0.4 is 10.7 Å². The number of carbonyl (C=O) groups excluding carboxylic acids is 1. The van der Waals surface area contributed by atoms with Crippen molar-refractivity contribution in [1.29, 1.82) is 0 Å². The number of pyridine rings is 1. The summed E-state index contributed by atoms with van der Waals surface area (Å²) in [7, 11) is 0. The number of amides is 1. The maximum atomic E-state index is 12.9. The van der Waals surface area contributed by atoms with E-state index in [0.29, 0.717) is 5.39 Å². The van der Waals surface area contributed by atoms with Crippen LogP contribution in [0.25, 0.3) is 10.9 Å². The normalized spacial score (nSPS) is 15.6. The predicted molar refractivity (Wildman–Crippen MR) is 100 cm³/mol. The van der Waals surface area contributed by atoms with E-state index < -0.39 is 0 Å². The van der Waals surface area contributed by atoms with Crippen molar-refractivity contribution < 1.29 is 4.79 Å². The minimum atomic E-state index is -0.349. The Hall–Kier alpha value is -2.88. The number of benzene rings is 2. The summed E-state index contributed by atoms with van der Waals surface area (Å²) in [5, 5.41) is 3.55. The number of aryl methyl sites for hydroxylation is 2.